The van der Waals surface area contributed by atoms with Crippen LogP contribution in [0.1, 0.15) is 31.7 Å². The van der Waals surface area contributed by atoms with E-state index in [1.165, 1.54) is 19.3 Å². The second kappa shape index (κ2) is 4.44. The molecule has 4 heteroatoms. The predicted octanol–water partition coefficient (Wildman–Crippen LogP) is 3.73. The topological polar surface area (TPSA) is 32.3 Å². The highest BCUT2D eigenvalue weighted by Gasteiger charge is 2.30. The van der Waals surface area contributed by atoms with Crippen LogP contribution in [0.4, 0.5) is 0 Å². The molecule has 16 heavy (non-hydrogen) atoms. The Kier molecular flexibility index (Phi) is 3.34. The zero-order chi connectivity index (χ0) is 11.8. The van der Waals surface area contributed by atoms with Gasteiger partial charge in [-0.25, -0.2) is 0 Å². The van der Waals surface area contributed by atoms with Crippen molar-refractivity contribution in [3.05, 3.63) is 27.7 Å². The molecule has 0 bridgehead atoms. The second-order valence-corrected chi connectivity index (χ2v) is 5.51. The third-order valence-corrected chi connectivity index (χ3v) is 3.78. The molecule has 0 saturated heterocycles. The van der Waals surface area contributed by atoms with Crippen molar-refractivity contribution in [1.29, 1.82) is 0 Å². The number of hydrogen-bond acceptors (Lipinski definition) is 2. The summed E-state index contributed by atoms with van der Waals surface area (Å²) in [4.78, 5) is 0. The minimum Gasteiger partial charge on any atom is -0.506 e. The lowest BCUT2D eigenvalue weighted by Crippen LogP contribution is -2.47. The predicted molar refractivity (Wildman–Crippen MR) is 67.2 cm³/mol. The summed E-state index contributed by atoms with van der Waals surface area (Å²) >= 11 is 11.8. The monoisotopic (exact) mass is 259 g/mol. The Morgan fingerprint density at radius 2 is 2.06 bits per heavy atom. The number of phenolic OH excluding ortho intramolecular Hbond substituents is 1. The van der Waals surface area contributed by atoms with E-state index >= 15 is 0 Å². The van der Waals surface area contributed by atoms with Crippen molar-refractivity contribution in [1.82, 2.24) is 5.32 Å². The summed E-state index contributed by atoms with van der Waals surface area (Å²) in [6.45, 7) is 2.79. The summed E-state index contributed by atoms with van der Waals surface area (Å²) < 4.78 is 0. The zero-order valence-electron chi connectivity index (χ0n) is 9.19. The van der Waals surface area contributed by atoms with Crippen LogP contribution in [-0.4, -0.2) is 10.6 Å². The first-order valence-electron chi connectivity index (χ1n) is 5.42. The molecule has 1 aliphatic rings. The minimum atomic E-state index is 0.126. The molecule has 1 aromatic rings. The molecule has 1 saturated carbocycles. The molecule has 2 N–H and O–H groups in total. The van der Waals surface area contributed by atoms with Gasteiger partial charge in [0.15, 0.2) is 0 Å². The van der Waals surface area contributed by atoms with Gasteiger partial charge in [0, 0.05) is 22.7 Å². The average molecular weight is 260 g/mol. The van der Waals surface area contributed by atoms with Crippen molar-refractivity contribution in [2.75, 3.05) is 0 Å². The molecule has 0 amide bonds. The van der Waals surface area contributed by atoms with E-state index in [0.29, 0.717) is 16.6 Å². The van der Waals surface area contributed by atoms with E-state index in [-0.39, 0.29) is 11.3 Å². The minimum absolute atomic E-state index is 0.126. The highest BCUT2D eigenvalue weighted by molar-refractivity contribution is 6.35. The lowest BCUT2D eigenvalue weighted by molar-refractivity contribution is 0.206. The molecule has 0 unspecified atom stereocenters. The SMILES string of the molecule is CC1(NCc2cc(Cl)cc(Cl)c2O)CCC1. The van der Waals surface area contributed by atoms with Crippen molar-refractivity contribution >= 4 is 23.2 Å². The standard InChI is InChI=1S/C12H15Cl2NO/c1-12(3-2-4-12)15-7-8-5-9(13)6-10(14)11(8)16/h5-6,15-16H,2-4,7H2,1H3. The number of benzene rings is 1. The third-order valence-electron chi connectivity index (χ3n) is 3.27. The van der Waals surface area contributed by atoms with Crippen LogP contribution in [0.3, 0.4) is 0 Å². The normalized spacial score (nSPS) is 18.2. The number of halogens is 2. The van der Waals surface area contributed by atoms with Gasteiger partial charge in [0.2, 0.25) is 0 Å². The van der Waals surface area contributed by atoms with Crippen molar-refractivity contribution in [2.45, 2.75) is 38.3 Å². The average Bonchev–Trinajstić information content (AvgIpc) is 2.18. The molecule has 0 heterocycles. The van der Waals surface area contributed by atoms with Crippen molar-refractivity contribution in [3.8, 4) is 5.75 Å². The lowest BCUT2D eigenvalue weighted by Gasteiger charge is -2.39. The van der Waals surface area contributed by atoms with Gasteiger partial charge in [-0.15, -0.1) is 0 Å². The highest BCUT2D eigenvalue weighted by Crippen LogP contribution is 2.34. The van der Waals surface area contributed by atoms with E-state index in [1.807, 2.05) is 0 Å². The van der Waals surface area contributed by atoms with Gasteiger partial charge in [0.25, 0.3) is 0 Å². The largest absolute Gasteiger partial charge is 0.506 e. The van der Waals surface area contributed by atoms with Crippen LogP contribution >= 0.6 is 23.2 Å². The van der Waals surface area contributed by atoms with Crippen molar-refractivity contribution in [2.24, 2.45) is 0 Å². The highest BCUT2D eigenvalue weighted by atomic mass is 35.5. The maximum atomic E-state index is 9.78. The molecule has 0 aliphatic heterocycles. The molecular formula is C12H15Cl2NO. The van der Waals surface area contributed by atoms with E-state index < -0.39 is 0 Å². The maximum Gasteiger partial charge on any atom is 0.138 e. The molecule has 1 aromatic carbocycles. The van der Waals surface area contributed by atoms with Gasteiger partial charge in [-0.1, -0.05) is 23.2 Å². The second-order valence-electron chi connectivity index (χ2n) is 4.66. The van der Waals surface area contributed by atoms with E-state index in [2.05, 4.69) is 12.2 Å². The van der Waals surface area contributed by atoms with Crippen LogP contribution in [-0.2, 0) is 6.54 Å². The number of phenols is 1. The summed E-state index contributed by atoms with van der Waals surface area (Å²) in [6.07, 6.45) is 3.63. The summed E-state index contributed by atoms with van der Waals surface area (Å²) in [5, 5.41) is 14.1. The number of hydrogen-bond donors (Lipinski definition) is 2. The fraction of sp³-hybridized carbons (Fsp3) is 0.500. The Bertz CT molecular complexity index is 402. The molecule has 1 fully saturated rings. The summed E-state index contributed by atoms with van der Waals surface area (Å²) in [5.41, 5.74) is 0.965. The Hall–Kier alpha value is -0.440. The molecule has 0 radical (unpaired) electrons. The van der Waals surface area contributed by atoms with E-state index in [0.717, 1.165) is 5.56 Å². The van der Waals surface area contributed by atoms with Crippen LogP contribution in [0.2, 0.25) is 10.0 Å². The van der Waals surface area contributed by atoms with E-state index in [1.54, 1.807) is 12.1 Å². The molecule has 2 nitrogen and oxygen atoms in total. The van der Waals surface area contributed by atoms with Gasteiger partial charge >= 0.3 is 0 Å². The molecule has 88 valence electrons. The molecule has 0 aromatic heterocycles. The molecule has 1 aliphatic carbocycles. The molecular weight excluding hydrogens is 245 g/mol. The van der Waals surface area contributed by atoms with Gasteiger partial charge in [-0.3, -0.25) is 0 Å². The zero-order valence-corrected chi connectivity index (χ0v) is 10.7. The van der Waals surface area contributed by atoms with Crippen molar-refractivity contribution in [3.63, 3.8) is 0 Å². The number of nitrogens with one attached hydrogen (secondary N) is 1. The molecule has 0 atom stereocenters. The van der Waals surface area contributed by atoms with E-state index in [9.17, 15) is 5.11 Å². The lowest BCUT2D eigenvalue weighted by atomic mass is 9.78. The Labute approximate surface area is 106 Å². The van der Waals surface area contributed by atoms with E-state index in [4.69, 9.17) is 23.2 Å². The fourth-order valence-electron chi connectivity index (χ4n) is 1.95. The summed E-state index contributed by atoms with van der Waals surface area (Å²) in [5.74, 6) is 0.126. The Morgan fingerprint density at radius 3 is 2.62 bits per heavy atom. The van der Waals surface area contributed by atoms with Crippen molar-refractivity contribution < 1.29 is 5.11 Å². The summed E-state index contributed by atoms with van der Waals surface area (Å²) in [7, 11) is 0. The van der Waals surface area contributed by atoms with Crippen LogP contribution in [0.25, 0.3) is 0 Å². The first kappa shape index (κ1) is 12.0. The van der Waals surface area contributed by atoms with Gasteiger partial charge in [-0.05, 0) is 38.3 Å². The van der Waals surface area contributed by atoms with Gasteiger partial charge in [-0.2, -0.15) is 0 Å². The first-order chi connectivity index (χ1) is 7.50. The number of aromatic hydroxyl groups is 1. The third kappa shape index (κ3) is 2.45. The number of rotatable bonds is 3. The van der Waals surface area contributed by atoms with Gasteiger partial charge < -0.3 is 10.4 Å². The van der Waals surface area contributed by atoms with Crippen LogP contribution in [0.5, 0.6) is 5.75 Å². The van der Waals surface area contributed by atoms with Crippen LogP contribution in [0.15, 0.2) is 12.1 Å². The Morgan fingerprint density at radius 1 is 1.38 bits per heavy atom. The first-order valence-corrected chi connectivity index (χ1v) is 6.18. The maximum absolute atomic E-state index is 9.78. The van der Waals surface area contributed by atoms with Crippen LogP contribution in [0, 0.1) is 0 Å². The summed E-state index contributed by atoms with van der Waals surface area (Å²) in [6, 6.07) is 3.30. The van der Waals surface area contributed by atoms with Crippen LogP contribution < -0.4 is 5.32 Å². The molecule has 0 spiro atoms. The van der Waals surface area contributed by atoms with Gasteiger partial charge in [0.05, 0.1) is 5.02 Å². The van der Waals surface area contributed by atoms with Gasteiger partial charge in [0.1, 0.15) is 5.75 Å². The smallest absolute Gasteiger partial charge is 0.138 e. The fourth-order valence-corrected chi connectivity index (χ4v) is 2.48. The quantitative estimate of drug-likeness (QED) is 0.867. The Balaban J connectivity index is 2.09. The molecule has 2 rings (SSSR count).